The number of alkyl halides is 2. The number of hydrogen-bond donors (Lipinski definition) is 2. The molecule has 0 aromatic heterocycles. The van der Waals surface area contributed by atoms with Crippen LogP contribution in [0.2, 0.25) is 0 Å². The number of benzene rings is 1. The normalized spacial score (nSPS) is 12.7. The molecule has 0 radical (unpaired) electrons. The van der Waals surface area contributed by atoms with Crippen LogP contribution in [0, 0.1) is 5.41 Å². The van der Waals surface area contributed by atoms with Crippen LogP contribution in [0.1, 0.15) is 32.3 Å². The second kappa shape index (κ2) is 6.96. The average molecular weight is 271 g/mol. The minimum absolute atomic E-state index is 0.0178. The van der Waals surface area contributed by atoms with Gasteiger partial charge in [0.1, 0.15) is 0 Å². The number of rotatable bonds is 8. The van der Waals surface area contributed by atoms with Gasteiger partial charge in [-0.05, 0) is 12.8 Å². The average Bonchev–Trinajstić information content (AvgIpc) is 2.45. The number of hydrogen-bond acceptors (Lipinski definition) is 2. The smallest absolute Gasteiger partial charge is 0.285 e. The summed E-state index contributed by atoms with van der Waals surface area (Å²) in [7, 11) is 0. The van der Waals surface area contributed by atoms with Crippen LogP contribution in [0.5, 0.6) is 0 Å². The van der Waals surface area contributed by atoms with E-state index in [-0.39, 0.29) is 17.6 Å². The van der Waals surface area contributed by atoms with Gasteiger partial charge in [-0.25, -0.2) is 0 Å². The van der Waals surface area contributed by atoms with Crippen molar-refractivity contribution in [2.45, 2.75) is 32.6 Å². The minimum atomic E-state index is -2.88. The van der Waals surface area contributed by atoms with Gasteiger partial charge in [0.2, 0.25) is 0 Å². The summed E-state index contributed by atoms with van der Waals surface area (Å²) in [6, 6.07) is 7.80. The fraction of sp³-hybridized carbons (Fsp3) is 0.600. The van der Waals surface area contributed by atoms with Gasteiger partial charge in [-0.15, -0.1) is 0 Å². The summed E-state index contributed by atoms with van der Waals surface area (Å²) in [5, 5.41) is 12.2. The molecule has 0 aliphatic rings. The third kappa shape index (κ3) is 4.25. The molecule has 0 saturated heterocycles. The minimum Gasteiger partial charge on any atom is -0.396 e. The molecule has 4 heteroatoms. The molecular formula is C15H23F2NO. The van der Waals surface area contributed by atoms with Gasteiger partial charge in [-0.1, -0.05) is 44.2 Å². The number of aliphatic hydroxyl groups excluding tert-OH is 1. The summed E-state index contributed by atoms with van der Waals surface area (Å²) in [6.45, 7) is 3.95. The Labute approximate surface area is 113 Å². The van der Waals surface area contributed by atoms with E-state index in [0.717, 1.165) is 12.8 Å². The summed E-state index contributed by atoms with van der Waals surface area (Å²) in [5.74, 6) is -2.88. The SMILES string of the molecule is CCC(CC)(CO)CNCC(F)(F)c1ccccc1. The van der Waals surface area contributed by atoms with Crippen LogP contribution in [0.4, 0.5) is 8.78 Å². The van der Waals surface area contributed by atoms with Crippen molar-refractivity contribution in [2.24, 2.45) is 5.41 Å². The van der Waals surface area contributed by atoms with Gasteiger partial charge in [0, 0.05) is 24.1 Å². The Morgan fingerprint density at radius 3 is 2.11 bits per heavy atom. The predicted molar refractivity (Wildman–Crippen MR) is 73.3 cm³/mol. The maximum Gasteiger partial charge on any atom is 0.285 e. The Kier molecular flexibility index (Phi) is 5.88. The maximum absolute atomic E-state index is 13.9. The molecular weight excluding hydrogens is 248 g/mol. The molecule has 19 heavy (non-hydrogen) atoms. The first-order valence-electron chi connectivity index (χ1n) is 6.74. The Hall–Kier alpha value is -1.00. The Morgan fingerprint density at radius 2 is 1.63 bits per heavy atom. The van der Waals surface area contributed by atoms with Crippen molar-refractivity contribution >= 4 is 0 Å². The van der Waals surface area contributed by atoms with Crippen LogP contribution in [0.15, 0.2) is 30.3 Å². The second-order valence-corrected chi connectivity index (χ2v) is 5.04. The maximum atomic E-state index is 13.9. The van der Waals surface area contributed by atoms with Crippen molar-refractivity contribution in [1.29, 1.82) is 0 Å². The number of halogens is 2. The summed E-state index contributed by atoms with van der Waals surface area (Å²) < 4.78 is 27.8. The molecule has 0 heterocycles. The van der Waals surface area contributed by atoms with Crippen LogP contribution >= 0.6 is 0 Å². The molecule has 0 aliphatic heterocycles. The van der Waals surface area contributed by atoms with E-state index in [1.54, 1.807) is 18.2 Å². The van der Waals surface area contributed by atoms with E-state index < -0.39 is 12.5 Å². The van der Waals surface area contributed by atoms with Crippen molar-refractivity contribution in [2.75, 3.05) is 19.7 Å². The topological polar surface area (TPSA) is 32.3 Å². The zero-order valence-corrected chi connectivity index (χ0v) is 11.6. The van der Waals surface area contributed by atoms with E-state index in [1.165, 1.54) is 12.1 Å². The third-order valence-corrected chi connectivity index (χ3v) is 3.88. The Morgan fingerprint density at radius 1 is 1.05 bits per heavy atom. The Bertz CT molecular complexity index is 355. The zero-order valence-electron chi connectivity index (χ0n) is 11.6. The summed E-state index contributed by atoms with van der Waals surface area (Å²) in [6.07, 6.45) is 1.54. The molecule has 2 nitrogen and oxygen atoms in total. The largest absolute Gasteiger partial charge is 0.396 e. The van der Waals surface area contributed by atoms with Gasteiger partial charge in [0.25, 0.3) is 5.92 Å². The second-order valence-electron chi connectivity index (χ2n) is 5.04. The van der Waals surface area contributed by atoms with Crippen molar-refractivity contribution in [3.63, 3.8) is 0 Å². The van der Waals surface area contributed by atoms with Gasteiger partial charge in [-0.2, -0.15) is 8.78 Å². The lowest BCUT2D eigenvalue weighted by Crippen LogP contribution is -2.40. The number of aliphatic hydroxyl groups is 1. The van der Waals surface area contributed by atoms with Crippen LogP contribution in [-0.2, 0) is 5.92 Å². The molecule has 1 aromatic carbocycles. The Balaban J connectivity index is 2.57. The quantitative estimate of drug-likeness (QED) is 0.761. The van der Waals surface area contributed by atoms with Gasteiger partial charge >= 0.3 is 0 Å². The van der Waals surface area contributed by atoms with Crippen molar-refractivity contribution in [3.05, 3.63) is 35.9 Å². The molecule has 0 bridgehead atoms. The molecule has 1 rings (SSSR count). The molecule has 0 unspecified atom stereocenters. The fourth-order valence-corrected chi connectivity index (χ4v) is 2.05. The standard InChI is InChI=1S/C15H23F2NO/c1-3-14(4-2,12-19)10-18-11-15(16,17)13-8-6-5-7-9-13/h5-9,18-19H,3-4,10-12H2,1-2H3. The highest BCUT2D eigenvalue weighted by atomic mass is 19.3. The lowest BCUT2D eigenvalue weighted by Gasteiger charge is -2.30. The lowest BCUT2D eigenvalue weighted by atomic mass is 9.83. The van der Waals surface area contributed by atoms with Crippen molar-refractivity contribution in [1.82, 2.24) is 5.32 Å². The summed E-state index contributed by atoms with van der Waals surface area (Å²) in [4.78, 5) is 0. The van der Waals surface area contributed by atoms with E-state index in [0.29, 0.717) is 6.54 Å². The van der Waals surface area contributed by atoms with E-state index in [2.05, 4.69) is 5.32 Å². The molecule has 0 amide bonds. The van der Waals surface area contributed by atoms with E-state index in [9.17, 15) is 13.9 Å². The first-order valence-corrected chi connectivity index (χ1v) is 6.74. The van der Waals surface area contributed by atoms with Crippen LogP contribution in [0.25, 0.3) is 0 Å². The predicted octanol–water partition coefficient (Wildman–Crippen LogP) is 3.17. The summed E-state index contributed by atoms with van der Waals surface area (Å²) in [5.41, 5.74) is -0.280. The van der Waals surface area contributed by atoms with Crippen LogP contribution in [0.3, 0.4) is 0 Å². The highest BCUT2D eigenvalue weighted by Gasteiger charge is 2.32. The molecule has 0 aliphatic carbocycles. The van der Waals surface area contributed by atoms with Crippen LogP contribution in [-0.4, -0.2) is 24.8 Å². The monoisotopic (exact) mass is 271 g/mol. The highest BCUT2D eigenvalue weighted by Crippen LogP contribution is 2.28. The van der Waals surface area contributed by atoms with Crippen molar-refractivity contribution in [3.8, 4) is 0 Å². The van der Waals surface area contributed by atoms with Gasteiger partial charge in [0.15, 0.2) is 0 Å². The third-order valence-electron chi connectivity index (χ3n) is 3.88. The highest BCUT2D eigenvalue weighted by molar-refractivity contribution is 5.20. The van der Waals surface area contributed by atoms with Crippen molar-refractivity contribution < 1.29 is 13.9 Å². The molecule has 0 spiro atoms. The van der Waals surface area contributed by atoms with Gasteiger partial charge in [0.05, 0.1) is 6.54 Å². The first-order chi connectivity index (χ1) is 8.99. The molecule has 2 N–H and O–H groups in total. The van der Waals surface area contributed by atoms with Crippen LogP contribution < -0.4 is 5.32 Å². The molecule has 1 aromatic rings. The molecule has 0 atom stereocenters. The molecule has 108 valence electrons. The fourth-order valence-electron chi connectivity index (χ4n) is 2.05. The number of nitrogens with one attached hydrogen (secondary N) is 1. The van der Waals surface area contributed by atoms with E-state index in [4.69, 9.17) is 0 Å². The van der Waals surface area contributed by atoms with Gasteiger partial charge < -0.3 is 10.4 Å². The van der Waals surface area contributed by atoms with E-state index >= 15 is 0 Å². The lowest BCUT2D eigenvalue weighted by molar-refractivity contribution is -0.00794. The molecule has 0 saturated carbocycles. The zero-order chi connectivity index (χ0) is 14.4. The van der Waals surface area contributed by atoms with Gasteiger partial charge in [-0.3, -0.25) is 0 Å². The first kappa shape index (κ1) is 16.1. The summed E-state index contributed by atoms with van der Waals surface area (Å²) >= 11 is 0. The van der Waals surface area contributed by atoms with E-state index in [1.807, 2.05) is 13.8 Å². The molecule has 0 fully saturated rings.